The zero-order chi connectivity index (χ0) is 19.6. The Morgan fingerprint density at radius 3 is 2.54 bits per heavy atom. The predicted octanol–water partition coefficient (Wildman–Crippen LogP) is 2.20. The van der Waals surface area contributed by atoms with Gasteiger partial charge in [0.1, 0.15) is 23.2 Å². The second kappa shape index (κ2) is 7.81. The van der Waals surface area contributed by atoms with E-state index in [4.69, 9.17) is 9.47 Å². The van der Waals surface area contributed by atoms with Crippen molar-refractivity contribution in [1.29, 1.82) is 0 Å². The fraction of sp³-hybridized carbons (Fsp3) is 0.450. The van der Waals surface area contributed by atoms with Crippen LogP contribution in [-0.4, -0.2) is 48.0 Å². The van der Waals surface area contributed by atoms with E-state index in [1.165, 1.54) is 12.1 Å². The van der Waals surface area contributed by atoms with Gasteiger partial charge in [0.15, 0.2) is 5.79 Å². The van der Waals surface area contributed by atoms with Crippen molar-refractivity contribution in [3.63, 3.8) is 0 Å². The molecule has 1 spiro atoms. The van der Waals surface area contributed by atoms with Gasteiger partial charge in [0.2, 0.25) is 0 Å². The molecule has 0 atom stereocenters. The van der Waals surface area contributed by atoms with Crippen LogP contribution in [0.5, 0.6) is 0 Å². The minimum absolute atomic E-state index is 0.285. The molecule has 1 aromatic heterocycles. The van der Waals surface area contributed by atoms with Crippen molar-refractivity contribution in [1.82, 2.24) is 15.3 Å². The summed E-state index contributed by atoms with van der Waals surface area (Å²) < 4.78 is 24.5. The number of rotatable bonds is 4. The lowest BCUT2D eigenvalue weighted by atomic mass is 10.0. The molecule has 2 aromatic rings. The number of hydrogen-bond acceptors (Lipinski definition) is 6. The number of benzene rings is 1. The van der Waals surface area contributed by atoms with Crippen LogP contribution in [0.3, 0.4) is 0 Å². The quantitative estimate of drug-likeness (QED) is 0.868. The zero-order valence-electron chi connectivity index (χ0n) is 15.8. The van der Waals surface area contributed by atoms with Gasteiger partial charge < -0.3 is 19.7 Å². The van der Waals surface area contributed by atoms with Crippen LogP contribution in [0.25, 0.3) is 0 Å². The topological polar surface area (TPSA) is 76.6 Å². The monoisotopic (exact) mass is 386 g/mol. The number of aromatic nitrogens is 2. The highest BCUT2D eigenvalue weighted by Gasteiger charge is 2.40. The zero-order valence-corrected chi connectivity index (χ0v) is 15.8. The summed E-state index contributed by atoms with van der Waals surface area (Å²) in [5, 5.41) is 2.82. The molecule has 1 amide bonds. The molecule has 1 aromatic carbocycles. The molecule has 2 fully saturated rings. The first-order chi connectivity index (χ1) is 13.5. The maximum absolute atomic E-state index is 13.0. The van der Waals surface area contributed by atoms with Crippen molar-refractivity contribution in [2.45, 2.75) is 32.1 Å². The van der Waals surface area contributed by atoms with Gasteiger partial charge in [-0.2, -0.15) is 0 Å². The molecular weight excluding hydrogens is 363 g/mol. The summed E-state index contributed by atoms with van der Waals surface area (Å²) >= 11 is 0. The number of amides is 1. The largest absolute Gasteiger partial charge is 0.356 e. The maximum atomic E-state index is 13.0. The lowest BCUT2D eigenvalue weighted by molar-refractivity contribution is -0.169. The highest BCUT2D eigenvalue weighted by atomic mass is 19.1. The number of carbonyl (C=O) groups excluding carboxylic acids is 1. The van der Waals surface area contributed by atoms with Gasteiger partial charge in [0, 0.05) is 38.5 Å². The van der Waals surface area contributed by atoms with Gasteiger partial charge in [0.05, 0.1) is 13.2 Å². The van der Waals surface area contributed by atoms with Crippen molar-refractivity contribution in [3.8, 4) is 0 Å². The fourth-order valence-electron chi connectivity index (χ4n) is 3.57. The fourth-order valence-corrected chi connectivity index (χ4v) is 3.57. The molecule has 148 valence electrons. The molecule has 0 bridgehead atoms. The van der Waals surface area contributed by atoms with E-state index in [9.17, 15) is 9.18 Å². The molecule has 2 aliphatic rings. The Morgan fingerprint density at radius 1 is 1.18 bits per heavy atom. The molecule has 0 unspecified atom stereocenters. The second-order valence-corrected chi connectivity index (χ2v) is 7.06. The number of carbonyl (C=O) groups is 1. The van der Waals surface area contributed by atoms with E-state index >= 15 is 0 Å². The third kappa shape index (κ3) is 4.13. The molecule has 28 heavy (non-hydrogen) atoms. The van der Waals surface area contributed by atoms with Crippen LogP contribution in [0.4, 0.5) is 10.2 Å². The first-order valence-corrected chi connectivity index (χ1v) is 9.44. The molecule has 0 radical (unpaired) electrons. The highest BCUT2D eigenvalue weighted by molar-refractivity contribution is 5.92. The van der Waals surface area contributed by atoms with Gasteiger partial charge >= 0.3 is 0 Å². The van der Waals surface area contributed by atoms with Crippen molar-refractivity contribution in [3.05, 3.63) is 53.2 Å². The molecular formula is C20H23FN4O3. The van der Waals surface area contributed by atoms with Crippen LogP contribution in [-0.2, 0) is 16.0 Å². The molecule has 0 saturated carbocycles. The van der Waals surface area contributed by atoms with E-state index < -0.39 is 5.79 Å². The summed E-state index contributed by atoms with van der Waals surface area (Å²) in [5.74, 6) is 0.230. The van der Waals surface area contributed by atoms with E-state index in [0.717, 1.165) is 37.3 Å². The molecule has 0 aliphatic carbocycles. The minimum Gasteiger partial charge on any atom is -0.356 e. The normalized spacial score (nSPS) is 18.4. The number of ether oxygens (including phenoxy) is 2. The number of nitrogens with one attached hydrogen (secondary N) is 1. The highest BCUT2D eigenvalue weighted by Crippen LogP contribution is 2.32. The maximum Gasteiger partial charge on any atom is 0.270 e. The van der Waals surface area contributed by atoms with Crippen LogP contribution in [0.2, 0.25) is 0 Å². The number of piperidine rings is 1. The molecule has 1 N–H and O–H groups in total. The number of halogens is 1. The van der Waals surface area contributed by atoms with Gasteiger partial charge in [0.25, 0.3) is 5.91 Å². The Morgan fingerprint density at radius 2 is 1.86 bits per heavy atom. The minimum atomic E-state index is -0.450. The molecule has 2 saturated heterocycles. The Bertz CT molecular complexity index is 843. The number of anilines is 1. The number of nitrogens with zero attached hydrogens (tertiary/aromatic N) is 3. The molecule has 7 nitrogen and oxygen atoms in total. The third-order valence-electron chi connectivity index (χ3n) is 5.09. The Labute approximate surface area is 162 Å². The first kappa shape index (κ1) is 18.8. The predicted molar refractivity (Wildman–Crippen MR) is 100 cm³/mol. The third-order valence-corrected chi connectivity index (χ3v) is 5.09. The molecule has 8 heteroatoms. The SMILES string of the molecule is Cc1nc(C(=O)NCc2ccc(F)cc2)cc(N2CCC3(CC2)OCCO3)n1. The Hall–Kier alpha value is -2.58. The van der Waals surface area contributed by atoms with Crippen molar-refractivity contribution in [2.75, 3.05) is 31.2 Å². The summed E-state index contributed by atoms with van der Waals surface area (Å²) in [6.45, 7) is 4.85. The first-order valence-electron chi connectivity index (χ1n) is 9.44. The lowest BCUT2D eigenvalue weighted by Gasteiger charge is -2.38. The van der Waals surface area contributed by atoms with E-state index in [1.54, 1.807) is 25.1 Å². The standard InChI is InChI=1S/C20H23FN4O3/c1-14-23-17(19(26)22-13-15-2-4-16(21)5-3-15)12-18(24-14)25-8-6-20(7-9-25)27-10-11-28-20/h2-5,12H,6-11,13H2,1H3,(H,22,26). The molecule has 4 rings (SSSR count). The Balaban J connectivity index is 1.41. The smallest absolute Gasteiger partial charge is 0.270 e. The summed E-state index contributed by atoms with van der Waals surface area (Å²) in [6, 6.07) is 7.73. The summed E-state index contributed by atoms with van der Waals surface area (Å²) in [6.07, 6.45) is 1.53. The van der Waals surface area contributed by atoms with Gasteiger partial charge in [-0.15, -0.1) is 0 Å². The molecule has 2 aliphatic heterocycles. The van der Waals surface area contributed by atoms with E-state index in [-0.39, 0.29) is 11.7 Å². The van der Waals surface area contributed by atoms with Crippen molar-refractivity contribution < 1.29 is 18.7 Å². The average molecular weight is 386 g/mol. The van der Waals surface area contributed by atoms with Crippen LogP contribution >= 0.6 is 0 Å². The van der Waals surface area contributed by atoms with E-state index in [2.05, 4.69) is 20.2 Å². The van der Waals surface area contributed by atoms with Crippen LogP contribution in [0.1, 0.15) is 34.7 Å². The van der Waals surface area contributed by atoms with Crippen molar-refractivity contribution in [2.24, 2.45) is 0 Å². The van der Waals surface area contributed by atoms with Crippen LogP contribution in [0, 0.1) is 12.7 Å². The Kier molecular flexibility index (Phi) is 5.23. The van der Waals surface area contributed by atoms with Crippen LogP contribution < -0.4 is 10.2 Å². The van der Waals surface area contributed by atoms with Gasteiger partial charge in [-0.1, -0.05) is 12.1 Å². The van der Waals surface area contributed by atoms with Gasteiger partial charge in [-0.25, -0.2) is 14.4 Å². The number of hydrogen-bond donors (Lipinski definition) is 1. The van der Waals surface area contributed by atoms with E-state index in [0.29, 0.717) is 31.3 Å². The summed E-state index contributed by atoms with van der Waals surface area (Å²) in [7, 11) is 0. The summed E-state index contributed by atoms with van der Waals surface area (Å²) in [4.78, 5) is 23.4. The summed E-state index contributed by atoms with van der Waals surface area (Å²) in [5.41, 5.74) is 1.14. The van der Waals surface area contributed by atoms with Crippen molar-refractivity contribution >= 4 is 11.7 Å². The average Bonchev–Trinajstić information content (AvgIpc) is 3.15. The van der Waals surface area contributed by atoms with Gasteiger partial charge in [-0.05, 0) is 24.6 Å². The lowest BCUT2D eigenvalue weighted by Crippen LogP contribution is -2.45. The van der Waals surface area contributed by atoms with Crippen LogP contribution in [0.15, 0.2) is 30.3 Å². The number of aryl methyl sites for hydroxylation is 1. The molecule has 3 heterocycles. The van der Waals surface area contributed by atoms with E-state index in [1.807, 2.05) is 0 Å². The van der Waals surface area contributed by atoms with Gasteiger partial charge in [-0.3, -0.25) is 4.79 Å². The second-order valence-electron chi connectivity index (χ2n) is 7.06.